The number of rotatable bonds is 2. The fourth-order valence-corrected chi connectivity index (χ4v) is 3.09. The number of hydrogen-bond acceptors (Lipinski definition) is 2. The van der Waals surface area contributed by atoms with Crippen LogP contribution in [0.3, 0.4) is 0 Å². The minimum absolute atomic E-state index is 0.260. The molecule has 0 radical (unpaired) electrons. The normalized spacial score (nSPS) is 23.6. The van der Waals surface area contributed by atoms with E-state index in [1.807, 2.05) is 12.1 Å². The zero-order valence-electron chi connectivity index (χ0n) is 7.70. The Morgan fingerprint density at radius 3 is 2.64 bits per heavy atom. The predicted octanol–water partition coefficient (Wildman–Crippen LogP) is 1.81. The standard InChI is InChI=1S/C10H12ClNOS/c11-8-1-3-9(4-2-8)14(13)10-5-6-12-7-10/h1-4,10,12H,5-7H2. The van der Waals surface area contributed by atoms with Crippen molar-refractivity contribution in [2.75, 3.05) is 13.1 Å². The van der Waals surface area contributed by atoms with Crippen molar-refractivity contribution in [1.29, 1.82) is 0 Å². The second-order valence-corrected chi connectivity index (χ2v) is 5.54. The van der Waals surface area contributed by atoms with Crippen molar-refractivity contribution in [3.05, 3.63) is 29.3 Å². The molecular weight excluding hydrogens is 218 g/mol. The van der Waals surface area contributed by atoms with Gasteiger partial charge in [-0.25, -0.2) is 0 Å². The van der Waals surface area contributed by atoms with Gasteiger partial charge in [0.25, 0.3) is 0 Å². The quantitative estimate of drug-likeness (QED) is 0.838. The van der Waals surface area contributed by atoms with Crippen molar-refractivity contribution in [2.45, 2.75) is 16.6 Å². The molecule has 0 aliphatic carbocycles. The molecule has 4 heteroatoms. The third-order valence-electron chi connectivity index (χ3n) is 2.36. The van der Waals surface area contributed by atoms with Gasteiger partial charge in [0, 0.05) is 16.5 Å². The van der Waals surface area contributed by atoms with E-state index in [0.717, 1.165) is 24.4 Å². The summed E-state index contributed by atoms with van der Waals surface area (Å²) in [6, 6.07) is 7.27. The van der Waals surface area contributed by atoms with Crippen molar-refractivity contribution in [3.8, 4) is 0 Å². The maximum absolute atomic E-state index is 12.0. The lowest BCUT2D eigenvalue weighted by Gasteiger charge is -2.07. The second kappa shape index (κ2) is 4.43. The summed E-state index contributed by atoms with van der Waals surface area (Å²) in [6.45, 7) is 1.83. The first kappa shape index (κ1) is 10.1. The van der Waals surface area contributed by atoms with Crippen molar-refractivity contribution >= 4 is 22.4 Å². The van der Waals surface area contributed by atoms with E-state index >= 15 is 0 Å². The monoisotopic (exact) mass is 229 g/mol. The van der Waals surface area contributed by atoms with Gasteiger partial charge in [0.15, 0.2) is 0 Å². The molecular formula is C10H12ClNOS. The van der Waals surface area contributed by atoms with Crippen molar-refractivity contribution in [1.82, 2.24) is 5.32 Å². The highest BCUT2D eigenvalue weighted by Crippen LogP contribution is 2.18. The van der Waals surface area contributed by atoms with Crippen LogP contribution in [0.25, 0.3) is 0 Å². The third kappa shape index (κ3) is 2.16. The summed E-state index contributed by atoms with van der Waals surface area (Å²) < 4.78 is 12.0. The van der Waals surface area contributed by atoms with E-state index in [9.17, 15) is 4.21 Å². The Hall–Kier alpha value is -0.380. The zero-order chi connectivity index (χ0) is 9.97. The Balaban J connectivity index is 2.14. The molecule has 1 aromatic carbocycles. The number of nitrogens with one attached hydrogen (secondary N) is 1. The summed E-state index contributed by atoms with van der Waals surface area (Å²) in [5.74, 6) is 0. The van der Waals surface area contributed by atoms with Crippen LogP contribution < -0.4 is 5.32 Å². The molecule has 0 spiro atoms. The average Bonchev–Trinajstić information content (AvgIpc) is 2.71. The van der Waals surface area contributed by atoms with Crippen LogP contribution in [0.2, 0.25) is 5.02 Å². The molecule has 0 bridgehead atoms. The molecule has 2 unspecified atom stereocenters. The second-order valence-electron chi connectivity index (χ2n) is 3.37. The molecule has 2 rings (SSSR count). The largest absolute Gasteiger partial charge is 0.315 e. The Kier molecular flexibility index (Phi) is 3.21. The minimum atomic E-state index is -0.888. The molecule has 14 heavy (non-hydrogen) atoms. The first-order valence-corrected chi connectivity index (χ1v) is 6.23. The van der Waals surface area contributed by atoms with Crippen LogP contribution in [0.15, 0.2) is 29.2 Å². The van der Waals surface area contributed by atoms with Gasteiger partial charge in [-0.05, 0) is 37.2 Å². The van der Waals surface area contributed by atoms with Gasteiger partial charge >= 0.3 is 0 Å². The molecule has 1 aliphatic heterocycles. The van der Waals surface area contributed by atoms with Crippen LogP contribution in [-0.4, -0.2) is 22.5 Å². The minimum Gasteiger partial charge on any atom is -0.315 e. The lowest BCUT2D eigenvalue weighted by molar-refractivity contribution is 0.672. The molecule has 2 atom stereocenters. The van der Waals surface area contributed by atoms with Crippen molar-refractivity contribution in [2.24, 2.45) is 0 Å². The lowest BCUT2D eigenvalue weighted by atomic mass is 10.4. The van der Waals surface area contributed by atoms with E-state index in [-0.39, 0.29) is 5.25 Å². The molecule has 1 aliphatic rings. The molecule has 1 saturated heterocycles. The first-order valence-electron chi connectivity index (χ1n) is 4.64. The molecule has 1 heterocycles. The molecule has 1 aromatic rings. The summed E-state index contributed by atoms with van der Waals surface area (Å²) in [5, 5.41) is 4.17. The first-order chi connectivity index (χ1) is 6.77. The maximum atomic E-state index is 12.0. The van der Waals surface area contributed by atoms with Gasteiger partial charge in [-0.3, -0.25) is 4.21 Å². The number of hydrogen-bond donors (Lipinski definition) is 1. The van der Waals surface area contributed by atoms with Gasteiger partial charge in [-0.1, -0.05) is 11.6 Å². The van der Waals surface area contributed by atoms with Crippen LogP contribution >= 0.6 is 11.6 Å². The van der Waals surface area contributed by atoms with E-state index in [0.29, 0.717) is 5.02 Å². The SMILES string of the molecule is O=S(c1ccc(Cl)cc1)C1CCNC1. The summed E-state index contributed by atoms with van der Waals surface area (Å²) in [5.41, 5.74) is 0. The number of halogens is 1. The Bertz CT molecular complexity index is 332. The molecule has 2 nitrogen and oxygen atoms in total. The fraction of sp³-hybridized carbons (Fsp3) is 0.400. The summed E-state index contributed by atoms with van der Waals surface area (Å²) in [4.78, 5) is 0.878. The van der Waals surface area contributed by atoms with E-state index in [2.05, 4.69) is 5.32 Å². The van der Waals surface area contributed by atoms with E-state index in [1.54, 1.807) is 12.1 Å². The highest BCUT2D eigenvalue weighted by Gasteiger charge is 2.21. The lowest BCUT2D eigenvalue weighted by Crippen LogP contribution is -2.18. The molecule has 0 amide bonds. The van der Waals surface area contributed by atoms with Gasteiger partial charge < -0.3 is 5.32 Å². The molecule has 76 valence electrons. The van der Waals surface area contributed by atoms with E-state index in [1.165, 1.54) is 0 Å². The van der Waals surface area contributed by atoms with Crippen LogP contribution in [0.5, 0.6) is 0 Å². The molecule has 0 aromatic heterocycles. The third-order valence-corrected chi connectivity index (χ3v) is 4.36. The molecule has 0 saturated carbocycles. The topological polar surface area (TPSA) is 29.1 Å². The van der Waals surface area contributed by atoms with Crippen molar-refractivity contribution < 1.29 is 4.21 Å². The Morgan fingerprint density at radius 2 is 2.07 bits per heavy atom. The van der Waals surface area contributed by atoms with Crippen LogP contribution in [0.1, 0.15) is 6.42 Å². The molecule has 1 fully saturated rings. The fourth-order valence-electron chi connectivity index (χ4n) is 1.57. The Morgan fingerprint density at radius 1 is 1.36 bits per heavy atom. The average molecular weight is 230 g/mol. The summed E-state index contributed by atoms with van der Waals surface area (Å²) >= 11 is 5.76. The van der Waals surface area contributed by atoms with Crippen LogP contribution in [0, 0.1) is 0 Å². The summed E-state index contributed by atoms with van der Waals surface area (Å²) in [7, 11) is -0.888. The Labute approximate surface area is 91.1 Å². The molecule has 1 N–H and O–H groups in total. The van der Waals surface area contributed by atoms with Gasteiger partial charge in [-0.2, -0.15) is 0 Å². The summed E-state index contributed by atoms with van der Waals surface area (Å²) in [6.07, 6.45) is 0.995. The van der Waals surface area contributed by atoms with E-state index in [4.69, 9.17) is 11.6 Å². The maximum Gasteiger partial charge on any atom is 0.0574 e. The van der Waals surface area contributed by atoms with Crippen LogP contribution in [-0.2, 0) is 10.8 Å². The van der Waals surface area contributed by atoms with Gasteiger partial charge in [0.2, 0.25) is 0 Å². The highest BCUT2D eigenvalue weighted by molar-refractivity contribution is 7.85. The van der Waals surface area contributed by atoms with Crippen LogP contribution in [0.4, 0.5) is 0 Å². The van der Waals surface area contributed by atoms with Gasteiger partial charge in [0.05, 0.1) is 16.0 Å². The number of benzene rings is 1. The van der Waals surface area contributed by atoms with Crippen molar-refractivity contribution in [3.63, 3.8) is 0 Å². The van der Waals surface area contributed by atoms with Gasteiger partial charge in [0.1, 0.15) is 0 Å². The zero-order valence-corrected chi connectivity index (χ0v) is 9.27. The predicted molar refractivity (Wildman–Crippen MR) is 59.1 cm³/mol. The van der Waals surface area contributed by atoms with Gasteiger partial charge in [-0.15, -0.1) is 0 Å². The highest BCUT2D eigenvalue weighted by atomic mass is 35.5. The smallest absolute Gasteiger partial charge is 0.0574 e. The van der Waals surface area contributed by atoms with E-state index < -0.39 is 10.8 Å².